The second kappa shape index (κ2) is 7.20. The summed E-state index contributed by atoms with van der Waals surface area (Å²) < 4.78 is 5.08. The number of ether oxygens (including phenoxy) is 1. The van der Waals surface area contributed by atoms with Crippen molar-refractivity contribution in [3.05, 3.63) is 54.4 Å². The molecule has 21 heavy (non-hydrogen) atoms. The minimum absolute atomic E-state index is 0.259. The van der Waals surface area contributed by atoms with E-state index in [0.717, 1.165) is 11.4 Å². The quantitative estimate of drug-likeness (QED) is 0.345. The molecular formula is C14H15N5OS. The number of methoxy groups -OCH3 is 1. The number of hydrogen-bond acceptors (Lipinski definition) is 4. The summed E-state index contributed by atoms with van der Waals surface area (Å²) in [6, 6.07) is 12.8. The van der Waals surface area contributed by atoms with Gasteiger partial charge in [0.05, 0.1) is 7.11 Å². The molecule has 4 N–H and O–H groups in total. The smallest absolute Gasteiger partial charge is 0.191 e. The van der Waals surface area contributed by atoms with Gasteiger partial charge in [-0.2, -0.15) is 5.10 Å². The van der Waals surface area contributed by atoms with Gasteiger partial charge < -0.3 is 15.8 Å². The summed E-state index contributed by atoms with van der Waals surface area (Å²) in [5, 5.41) is 7.29. The average Bonchev–Trinajstić information content (AvgIpc) is 2.54. The Labute approximate surface area is 128 Å². The van der Waals surface area contributed by atoms with E-state index in [9.17, 15) is 0 Å². The molecule has 2 rings (SSSR count). The third kappa shape index (κ3) is 4.43. The van der Waals surface area contributed by atoms with E-state index in [1.165, 1.54) is 0 Å². The molecular weight excluding hydrogens is 286 g/mol. The highest BCUT2D eigenvalue weighted by Crippen LogP contribution is 2.14. The van der Waals surface area contributed by atoms with Crippen LogP contribution in [0.2, 0.25) is 0 Å². The van der Waals surface area contributed by atoms with Crippen LogP contribution in [-0.2, 0) is 0 Å². The number of amidine groups is 1. The average molecular weight is 301 g/mol. The van der Waals surface area contributed by atoms with Gasteiger partial charge in [-0.1, -0.05) is 6.07 Å². The van der Waals surface area contributed by atoms with Crippen molar-refractivity contribution in [2.24, 2.45) is 10.8 Å². The Bertz CT molecular complexity index is 628. The van der Waals surface area contributed by atoms with Crippen LogP contribution in [0.25, 0.3) is 0 Å². The van der Waals surface area contributed by atoms with Crippen molar-refractivity contribution in [2.45, 2.75) is 0 Å². The number of anilines is 1. The Morgan fingerprint density at radius 1 is 1.24 bits per heavy atom. The van der Waals surface area contributed by atoms with E-state index in [2.05, 4.69) is 20.8 Å². The summed E-state index contributed by atoms with van der Waals surface area (Å²) in [4.78, 5) is 4.09. The van der Waals surface area contributed by atoms with Gasteiger partial charge in [0.15, 0.2) is 10.9 Å². The minimum atomic E-state index is 0.259. The maximum atomic E-state index is 5.80. The van der Waals surface area contributed by atoms with Crippen molar-refractivity contribution in [1.82, 2.24) is 10.4 Å². The van der Waals surface area contributed by atoms with Gasteiger partial charge in [-0.15, -0.1) is 0 Å². The van der Waals surface area contributed by atoms with E-state index >= 15 is 0 Å². The van der Waals surface area contributed by atoms with Gasteiger partial charge >= 0.3 is 0 Å². The molecule has 2 aromatic rings. The molecule has 1 aromatic carbocycles. The number of nitrogens with zero attached hydrogens (tertiary/aromatic N) is 2. The minimum Gasteiger partial charge on any atom is -0.497 e. The number of nitrogens with one attached hydrogen (secondary N) is 2. The molecule has 0 aliphatic rings. The van der Waals surface area contributed by atoms with E-state index in [1.807, 2.05) is 30.3 Å². The molecule has 0 radical (unpaired) electrons. The van der Waals surface area contributed by atoms with Gasteiger partial charge in [-0.3, -0.25) is 10.4 Å². The molecule has 0 bridgehead atoms. The normalized spacial score (nSPS) is 10.8. The number of hydrazone groups is 1. The van der Waals surface area contributed by atoms with Gasteiger partial charge in [-0.25, -0.2) is 0 Å². The Morgan fingerprint density at radius 2 is 2.00 bits per heavy atom. The van der Waals surface area contributed by atoms with Crippen LogP contribution >= 0.6 is 12.2 Å². The molecule has 1 heterocycles. The Morgan fingerprint density at radius 3 is 2.62 bits per heavy atom. The molecule has 0 fully saturated rings. The van der Waals surface area contributed by atoms with Gasteiger partial charge in [0, 0.05) is 11.9 Å². The number of thiocarbonyl (C=S) groups is 1. The van der Waals surface area contributed by atoms with Crippen LogP contribution in [0.15, 0.2) is 53.8 Å². The number of aromatic nitrogens is 1. The van der Waals surface area contributed by atoms with E-state index in [4.69, 9.17) is 22.7 Å². The molecule has 0 saturated carbocycles. The first kappa shape index (κ1) is 14.7. The Balaban J connectivity index is 1.92. The number of hydrogen-bond donors (Lipinski definition) is 3. The largest absolute Gasteiger partial charge is 0.497 e. The van der Waals surface area contributed by atoms with Crippen molar-refractivity contribution in [1.29, 1.82) is 0 Å². The van der Waals surface area contributed by atoms with Crippen LogP contribution in [0.4, 0.5) is 5.69 Å². The molecule has 0 atom stereocenters. The van der Waals surface area contributed by atoms with Crippen molar-refractivity contribution in [3.63, 3.8) is 0 Å². The fourth-order valence-corrected chi connectivity index (χ4v) is 1.68. The third-order valence-corrected chi connectivity index (χ3v) is 2.75. The van der Waals surface area contributed by atoms with E-state index < -0.39 is 0 Å². The first-order chi connectivity index (χ1) is 10.2. The molecule has 0 saturated heterocycles. The highest BCUT2D eigenvalue weighted by atomic mass is 32.1. The monoisotopic (exact) mass is 301 g/mol. The third-order valence-electron chi connectivity index (χ3n) is 2.55. The van der Waals surface area contributed by atoms with Gasteiger partial charge in [0.1, 0.15) is 11.4 Å². The van der Waals surface area contributed by atoms with Gasteiger partial charge in [0.25, 0.3) is 0 Å². The molecule has 0 aliphatic heterocycles. The van der Waals surface area contributed by atoms with Crippen LogP contribution < -0.4 is 21.2 Å². The van der Waals surface area contributed by atoms with Gasteiger partial charge in [0.2, 0.25) is 0 Å². The zero-order chi connectivity index (χ0) is 15.1. The van der Waals surface area contributed by atoms with Crippen molar-refractivity contribution < 1.29 is 4.74 Å². The molecule has 7 heteroatoms. The van der Waals surface area contributed by atoms with E-state index in [0.29, 0.717) is 10.8 Å². The Kier molecular flexibility index (Phi) is 5.05. The first-order valence-electron chi connectivity index (χ1n) is 6.14. The zero-order valence-electron chi connectivity index (χ0n) is 11.4. The van der Waals surface area contributed by atoms with Crippen molar-refractivity contribution >= 4 is 28.9 Å². The van der Waals surface area contributed by atoms with Crippen LogP contribution in [0.3, 0.4) is 0 Å². The highest BCUT2D eigenvalue weighted by molar-refractivity contribution is 7.80. The Hall–Kier alpha value is -2.67. The fraction of sp³-hybridized carbons (Fsp3) is 0.0714. The highest BCUT2D eigenvalue weighted by Gasteiger charge is 2.00. The van der Waals surface area contributed by atoms with Crippen LogP contribution in [0, 0.1) is 0 Å². The lowest BCUT2D eigenvalue weighted by molar-refractivity contribution is 0.415. The second-order valence-electron chi connectivity index (χ2n) is 4.01. The lowest BCUT2D eigenvalue weighted by Gasteiger charge is -2.08. The predicted octanol–water partition coefficient (Wildman–Crippen LogP) is 1.70. The maximum Gasteiger partial charge on any atom is 0.191 e. The number of pyridine rings is 1. The lowest BCUT2D eigenvalue weighted by atomic mass is 10.3. The number of nitrogens with two attached hydrogens (primary N) is 1. The van der Waals surface area contributed by atoms with Crippen LogP contribution in [-0.4, -0.2) is 23.0 Å². The summed E-state index contributed by atoms with van der Waals surface area (Å²) in [5.41, 5.74) is 9.87. The summed E-state index contributed by atoms with van der Waals surface area (Å²) in [7, 11) is 1.61. The predicted molar refractivity (Wildman–Crippen MR) is 87.3 cm³/mol. The molecule has 0 aliphatic carbocycles. The molecule has 0 unspecified atom stereocenters. The molecule has 1 aromatic heterocycles. The molecule has 6 nitrogen and oxygen atoms in total. The standard InChI is InChI=1S/C14H15N5OS/c1-20-11-7-5-10(6-8-11)17-14(21)19-18-13(15)12-4-2-3-9-16-12/h2-9H,1H3,(H2,15,18)(H2,17,19,21). The van der Waals surface area contributed by atoms with Crippen molar-refractivity contribution in [2.75, 3.05) is 12.4 Å². The van der Waals surface area contributed by atoms with E-state index in [-0.39, 0.29) is 5.84 Å². The number of rotatable bonds is 4. The van der Waals surface area contributed by atoms with Gasteiger partial charge in [-0.05, 0) is 48.6 Å². The topological polar surface area (TPSA) is 84.6 Å². The number of benzene rings is 1. The summed E-state index contributed by atoms with van der Waals surface area (Å²) in [6.07, 6.45) is 1.64. The fourth-order valence-electron chi connectivity index (χ4n) is 1.52. The molecule has 108 valence electrons. The SMILES string of the molecule is COc1ccc(NC(=S)N/N=C(\N)c2ccccn2)cc1. The van der Waals surface area contributed by atoms with Crippen molar-refractivity contribution in [3.8, 4) is 5.75 Å². The lowest BCUT2D eigenvalue weighted by Crippen LogP contribution is -2.28. The maximum absolute atomic E-state index is 5.80. The van der Waals surface area contributed by atoms with E-state index in [1.54, 1.807) is 25.4 Å². The summed E-state index contributed by atoms with van der Waals surface area (Å²) >= 11 is 5.13. The molecule has 0 amide bonds. The summed E-state index contributed by atoms with van der Waals surface area (Å²) in [5.74, 6) is 1.03. The summed E-state index contributed by atoms with van der Waals surface area (Å²) in [6.45, 7) is 0. The zero-order valence-corrected chi connectivity index (χ0v) is 12.2. The van der Waals surface area contributed by atoms with Crippen LogP contribution in [0.1, 0.15) is 5.69 Å². The van der Waals surface area contributed by atoms with Crippen LogP contribution in [0.5, 0.6) is 5.75 Å². The first-order valence-corrected chi connectivity index (χ1v) is 6.55. The molecule has 0 spiro atoms. The second-order valence-corrected chi connectivity index (χ2v) is 4.41.